The minimum Gasteiger partial charge on any atom is -0.347 e. The SMILES string of the molecule is C=C(C1=CCC=CNC1=NC)c1ccnc(NC(/C=C\C)=C/C=C(\C)CCN2CCNCC2)n1. The van der Waals surface area contributed by atoms with E-state index in [0.29, 0.717) is 5.95 Å². The van der Waals surface area contributed by atoms with Crippen LogP contribution in [0, 0.1) is 0 Å². The van der Waals surface area contributed by atoms with Crippen LogP contribution in [0.2, 0.25) is 0 Å². The Morgan fingerprint density at radius 2 is 2.12 bits per heavy atom. The molecule has 0 spiro atoms. The molecule has 7 nitrogen and oxygen atoms in total. The standard InChI is InChI=1S/C27H37N7/c1-5-8-23(11-10-21(2)13-18-34-19-16-29-17-20-34)32-27-31-15-12-25(33-27)22(3)24-9-6-7-14-30-26(24)28-4/h5,7-12,14-15,29H,3,6,13,16-20H2,1-2,4H3,(H,28,30)(H,31,32,33)/b8-5-,21-10+,23-11+. The number of allylic oxidation sites excluding steroid dienone is 6. The van der Waals surface area contributed by atoms with E-state index >= 15 is 0 Å². The van der Waals surface area contributed by atoms with Crippen molar-refractivity contribution in [3.63, 3.8) is 0 Å². The maximum atomic E-state index is 4.72. The summed E-state index contributed by atoms with van der Waals surface area (Å²) in [5, 5.41) is 9.95. The van der Waals surface area contributed by atoms with Crippen LogP contribution in [0.25, 0.3) is 5.57 Å². The van der Waals surface area contributed by atoms with Crippen molar-refractivity contribution in [2.24, 2.45) is 4.99 Å². The van der Waals surface area contributed by atoms with Crippen LogP contribution in [0.4, 0.5) is 5.95 Å². The van der Waals surface area contributed by atoms with Gasteiger partial charge in [0.2, 0.25) is 5.95 Å². The van der Waals surface area contributed by atoms with E-state index in [9.17, 15) is 0 Å². The maximum Gasteiger partial charge on any atom is 0.227 e. The van der Waals surface area contributed by atoms with Gasteiger partial charge in [-0.15, -0.1) is 0 Å². The molecule has 0 atom stereocenters. The van der Waals surface area contributed by atoms with Gasteiger partial charge in [0.05, 0.1) is 5.69 Å². The Morgan fingerprint density at radius 1 is 1.29 bits per heavy atom. The number of nitrogens with one attached hydrogen (secondary N) is 3. The van der Waals surface area contributed by atoms with Crippen molar-refractivity contribution in [2.75, 3.05) is 45.1 Å². The van der Waals surface area contributed by atoms with Crippen molar-refractivity contribution >= 4 is 17.4 Å². The molecular weight excluding hydrogens is 422 g/mol. The minimum absolute atomic E-state index is 0.533. The molecule has 0 aromatic carbocycles. The topological polar surface area (TPSA) is 77.5 Å². The lowest BCUT2D eigenvalue weighted by atomic mass is 10.0. The van der Waals surface area contributed by atoms with E-state index < -0.39 is 0 Å². The predicted octanol–water partition coefficient (Wildman–Crippen LogP) is 4.07. The van der Waals surface area contributed by atoms with Crippen molar-refractivity contribution < 1.29 is 0 Å². The Balaban J connectivity index is 1.69. The number of piperazine rings is 1. The zero-order valence-electron chi connectivity index (χ0n) is 20.6. The molecule has 0 unspecified atom stereocenters. The summed E-state index contributed by atoms with van der Waals surface area (Å²) in [6, 6.07) is 1.87. The van der Waals surface area contributed by atoms with Crippen LogP contribution in [-0.4, -0.2) is 60.5 Å². The highest BCUT2D eigenvalue weighted by Crippen LogP contribution is 2.23. The molecular formula is C27H37N7. The number of anilines is 1. The molecule has 2 aliphatic heterocycles. The van der Waals surface area contributed by atoms with Gasteiger partial charge in [0.15, 0.2) is 0 Å². The summed E-state index contributed by atoms with van der Waals surface area (Å²) in [5.41, 5.74) is 4.79. The first-order valence-corrected chi connectivity index (χ1v) is 11.9. The van der Waals surface area contributed by atoms with E-state index in [0.717, 1.165) is 73.9 Å². The van der Waals surface area contributed by atoms with Crippen molar-refractivity contribution in [3.8, 4) is 0 Å². The van der Waals surface area contributed by atoms with Gasteiger partial charge >= 0.3 is 0 Å². The number of hydrogen-bond donors (Lipinski definition) is 3. The third kappa shape index (κ3) is 7.64. The van der Waals surface area contributed by atoms with Crippen molar-refractivity contribution in [3.05, 3.63) is 84.0 Å². The average molecular weight is 460 g/mol. The highest BCUT2D eigenvalue weighted by Gasteiger charge is 2.14. The first-order valence-electron chi connectivity index (χ1n) is 11.9. The van der Waals surface area contributed by atoms with E-state index in [4.69, 9.17) is 4.98 Å². The van der Waals surface area contributed by atoms with Crippen LogP contribution in [0.3, 0.4) is 0 Å². The predicted molar refractivity (Wildman–Crippen MR) is 144 cm³/mol. The molecule has 3 heterocycles. The molecule has 7 heteroatoms. The summed E-state index contributed by atoms with van der Waals surface area (Å²) < 4.78 is 0. The third-order valence-electron chi connectivity index (χ3n) is 5.75. The first-order chi connectivity index (χ1) is 16.6. The molecule has 0 radical (unpaired) electrons. The Kier molecular flexibility index (Phi) is 10.0. The Labute approximate surface area is 203 Å². The lowest BCUT2D eigenvalue weighted by Gasteiger charge is -2.27. The van der Waals surface area contributed by atoms with E-state index in [2.05, 4.69) is 62.6 Å². The highest BCUT2D eigenvalue weighted by molar-refractivity contribution is 6.11. The fourth-order valence-electron chi connectivity index (χ4n) is 3.77. The molecule has 1 saturated heterocycles. The third-order valence-corrected chi connectivity index (χ3v) is 5.75. The second kappa shape index (κ2) is 13.4. The molecule has 34 heavy (non-hydrogen) atoms. The summed E-state index contributed by atoms with van der Waals surface area (Å²) in [6.45, 7) is 14.0. The van der Waals surface area contributed by atoms with Crippen LogP contribution in [-0.2, 0) is 0 Å². The quantitative estimate of drug-likeness (QED) is 0.484. The molecule has 3 rings (SSSR count). The molecule has 0 saturated carbocycles. The van der Waals surface area contributed by atoms with Gasteiger partial charge in [0, 0.05) is 62.8 Å². The summed E-state index contributed by atoms with van der Waals surface area (Å²) in [5.74, 6) is 1.31. The van der Waals surface area contributed by atoms with Crippen molar-refractivity contribution in [1.82, 2.24) is 25.5 Å². The molecule has 1 aromatic rings. The second-order valence-electron chi connectivity index (χ2n) is 8.32. The van der Waals surface area contributed by atoms with Gasteiger partial charge in [-0.05, 0) is 51.1 Å². The molecule has 3 N–H and O–H groups in total. The largest absolute Gasteiger partial charge is 0.347 e. The molecule has 2 aliphatic rings. The van der Waals surface area contributed by atoms with Crippen LogP contribution >= 0.6 is 0 Å². The smallest absolute Gasteiger partial charge is 0.227 e. The van der Waals surface area contributed by atoms with Gasteiger partial charge in [-0.25, -0.2) is 9.97 Å². The first kappa shape index (κ1) is 25.3. The van der Waals surface area contributed by atoms with Crippen LogP contribution in [0.15, 0.2) is 83.3 Å². The second-order valence-corrected chi connectivity index (χ2v) is 8.32. The van der Waals surface area contributed by atoms with E-state index in [1.165, 1.54) is 5.57 Å². The van der Waals surface area contributed by atoms with Crippen molar-refractivity contribution in [2.45, 2.75) is 26.7 Å². The average Bonchev–Trinajstić information content (AvgIpc) is 3.12. The lowest BCUT2D eigenvalue weighted by molar-refractivity contribution is 0.244. The molecule has 180 valence electrons. The zero-order chi connectivity index (χ0) is 24.2. The Bertz CT molecular complexity index is 1020. The van der Waals surface area contributed by atoms with Gasteiger partial charge in [0.25, 0.3) is 0 Å². The fraction of sp³-hybridized carbons (Fsp3) is 0.370. The summed E-state index contributed by atoms with van der Waals surface area (Å²) in [6.07, 6.45) is 18.0. The van der Waals surface area contributed by atoms with E-state index in [1.807, 2.05) is 37.4 Å². The van der Waals surface area contributed by atoms with Gasteiger partial charge in [-0.1, -0.05) is 36.5 Å². The molecule has 1 fully saturated rings. The highest BCUT2D eigenvalue weighted by atomic mass is 15.2. The Morgan fingerprint density at radius 3 is 2.88 bits per heavy atom. The minimum atomic E-state index is 0.533. The number of aromatic nitrogens is 2. The lowest BCUT2D eigenvalue weighted by Crippen LogP contribution is -2.43. The number of amidine groups is 1. The molecule has 0 aliphatic carbocycles. The molecule has 0 amide bonds. The van der Waals surface area contributed by atoms with Gasteiger partial charge in [-0.2, -0.15) is 0 Å². The number of nitrogens with zero attached hydrogens (tertiary/aromatic N) is 4. The van der Waals surface area contributed by atoms with Gasteiger partial charge in [0.1, 0.15) is 5.84 Å². The Hall–Kier alpha value is -3.29. The molecule has 1 aromatic heterocycles. The number of rotatable bonds is 9. The number of hydrogen-bond acceptors (Lipinski definition) is 6. The molecule has 0 bridgehead atoms. The maximum absolute atomic E-state index is 4.72. The van der Waals surface area contributed by atoms with Gasteiger partial charge in [-0.3, -0.25) is 4.99 Å². The summed E-state index contributed by atoms with van der Waals surface area (Å²) >= 11 is 0. The fourth-order valence-corrected chi connectivity index (χ4v) is 3.77. The monoisotopic (exact) mass is 459 g/mol. The van der Waals surface area contributed by atoms with E-state index in [1.54, 1.807) is 13.2 Å². The zero-order valence-corrected chi connectivity index (χ0v) is 20.6. The number of aliphatic imine (C=N–C) groups is 1. The van der Waals surface area contributed by atoms with Crippen molar-refractivity contribution in [1.29, 1.82) is 0 Å². The summed E-state index contributed by atoms with van der Waals surface area (Å²) in [7, 11) is 1.77. The van der Waals surface area contributed by atoms with Gasteiger partial charge < -0.3 is 20.9 Å². The van der Waals surface area contributed by atoms with Crippen LogP contribution < -0.4 is 16.0 Å². The normalized spacial score (nSPS) is 19.1. The summed E-state index contributed by atoms with van der Waals surface area (Å²) in [4.78, 5) is 16.0. The van der Waals surface area contributed by atoms with Crippen LogP contribution in [0.1, 0.15) is 32.4 Å². The van der Waals surface area contributed by atoms with Crippen LogP contribution in [0.5, 0.6) is 0 Å². The van der Waals surface area contributed by atoms with E-state index in [-0.39, 0.29) is 0 Å².